The van der Waals surface area contributed by atoms with E-state index in [0.717, 1.165) is 0 Å². The van der Waals surface area contributed by atoms with E-state index in [0.29, 0.717) is 51.8 Å². The minimum atomic E-state index is -1.11. The molecular formula is C26H34Cl2N4O4SY-2. The molecule has 3 rings (SSSR count). The number of carbonyl (C=O) groups excluding carboxylic acids is 2. The first-order valence-corrected chi connectivity index (χ1v) is 13.5. The van der Waals surface area contributed by atoms with Crippen LogP contribution in [0.4, 0.5) is 0 Å². The second kappa shape index (κ2) is 17.4. The third kappa shape index (κ3) is 9.10. The molecule has 0 unspecified atom stereocenters. The number of hydrogen-bond donors (Lipinski definition) is 1. The van der Waals surface area contributed by atoms with Crippen LogP contribution in [-0.2, 0) is 51.8 Å². The Bertz CT molecular complexity index is 1130. The second-order valence-corrected chi connectivity index (χ2v) is 9.21. The number of ether oxygens (including phenoxy) is 2. The predicted octanol–water partition coefficient (Wildman–Crippen LogP) is 5.53. The van der Waals surface area contributed by atoms with Crippen LogP contribution in [0, 0.1) is 13.8 Å². The van der Waals surface area contributed by atoms with Crippen molar-refractivity contribution in [3.63, 3.8) is 0 Å². The zero-order valence-corrected chi connectivity index (χ0v) is 27.2. The van der Waals surface area contributed by atoms with Gasteiger partial charge in [0.2, 0.25) is 0 Å². The van der Waals surface area contributed by atoms with E-state index in [4.69, 9.17) is 37.7 Å². The molecule has 0 saturated heterocycles. The number of aromatic nitrogens is 1. The van der Waals surface area contributed by atoms with E-state index in [1.54, 1.807) is 31.3 Å². The summed E-state index contributed by atoms with van der Waals surface area (Å²) >= 11 is 14.1. The van der Waals surface area contributed by atoms with Gasteiger partial charge in [0.1, 0.15) is 6.04 Å². The molecule has 207 valence electrons. The number of carbonyl (C=O) groups is 2. The molecule has 2 heterocycles. The molecule has 8 nitrogen and oxygen atoms in total. The van der Waals surface area contributed by atoms with Crippen LogP contribution in [-0.4, -0.2) is 60.0 Å². The number of nitrogens with one attached hydrogen (secondary N) is 1. The summed E-state index contributed by atoms with van der Waals surface area (Å²) in [5.74, 6) is -0.884. The fraction of sp³-hybridized carbons (Fsp3) is 0.385. The normalized spacial score (nSPS) is 15.4. The molecule has 1 aliphatic rings. The van der Waals surface area contributed by atoms with Crippen molar-refractivity contribution in [3.8, 4) is 0 Å². The number of rotatable bonds is 10. The fourth-order valence-corrected chi connectivity index (χ4v) is 4.48. The van der Waals surface area contributed by atoms with Crippen molar-refractivity contribution in [3.05, 3.63) is 75.5 Å². The number of amidine groups is 1. The molecule has 1 aromatic heterocycles. The summed E-state index contributed by atoms with van der Waals surface area (Å²) in [5.41, 5.74) is 1.28. The Hall–Kier alpha value is -1.36. The number of nitrogens with zero attached hydrogens (tertiary/aromatic N) is 3. The van der Waals surface area contributed by atoms with Gasteiger partial charge in [-0.05, 0) is 26.0 Å². The van der Waals surface area contributed by atoms with E-state index >= 15 is 0 Å². The van der Waals surface area contributed by atoms with Gasteiger partial charge in [-0.2, -0.15) is 0 Å². The zero-order chi connectivity index (χ0) is 27.5. The number of esters is 2. The average molecular weight is 658 g/mol. The predicted molar refractivity (Wildman–Crippen MR) is 151 cm³/mol. The van der Waals surface area contributed by atoms with E-state index in [9.17, 15) is 9.59 Å². The van der Waals surface area contributed by atoms with Crippen LogP contribution in [0.2, 0.25) is 10.0 Å². The summed E-state index contributed by atoms with van der Waals surface area (Å²) in [6, 6.07) is 4.13. The fourth-order valence-electron chi connectivity index (χ4n) is 3.38. The van der Waals surface area contributed by atoms with Crippen LogP contribution < -0.4 is 5.32 Å². The second-order valence-electron chi connectivity index (χ2n) is 7.48. The first-order valence-electron chi connectivity index (χ1n) is 11.9. The van der Waals surface area contributed by atoms with Gasteiger partial charge in [0.05, 0.1) is 12.2 Å². The Morgan fingerprint density at radius 3 is 2.50 bits per heavy atom. The molecule has 0 amide bonds. The van der Waals surface area contributed by atoms with Crippen LogP contribution in [0.5, 0.6) is 0 Å². The topological polar surface area (TPSA) is 93.1 Å². The Labute approximate surface area is 265 Å². The van der Waals surface area contributed by atoms with Gasteiger partial charge in [0.25, 0.3) is 0 Å². The summed E-state index contributed by atoms with van der Waals surface area (Å²) in [6.45, 7) is 16.4. The molecule has 0 spiro atoms. The number of hydrogen-bond acceptors (Lipinski definition) is 9. The monoisotopic (exact) mass is 657 g/mol. The molecule has 0 aliphatic carbocycles. The Morgan fingerprint density at radius 1 is 1.26 bits per heavy atom. The van der Waals surface area contributed by atoms with Crippen LogP contribution in [0.15, 0.2) is 46.0 Å². The van der Waals surface area contributed by atoms with Crippen molar-refractivity contribution in [2.45, 2.75) is 39.8 Å². The van der Waals surface area contributed by atoms with Gasteiger partial charge in [0, 0.05) is 73.6 Å². The molecule has 0 saturated carbocycles. The van der Waals surface area contributed by atoms with Gasteiger partial charge in [-0.1, -0.05) is 43.1 Å². The maximum absolute atomic E-state index is 13.5. The summed E-state index contributed by atoms with van der Waals surface area (Å²) in [6.07, 6.45) is 0.555. The first-order chi connectivity index (χ1) is 17.8. The molecule has 1 N–H and O–H groups in total. The van der Waals surface area contributed by atoms with Crippen molar-refractivity contribution in [1.82, 2.24) is 15.2 Å². The SMILES string of the molecule is CC.[CH2-]CN(C[CH2-])CC1=C(C(=O)O[C@H](C)C(=O)OCC)[C@H](c2ccc(Cl)cc2Cl)N=C(c2nccs2)N1.[HH].[Y]. The molecule has 2 atom stereocenters. The molecular weight excluding hydrogens is 624 g/mol. The van der Waals surface area contributed by atoms with Crippen molar-refractivity contribution < 1.29 is 53.2 Å². The van der Waals surface area contributed by atoms with Crippen LogP contribution >= 0.6 is 34.5 Å². The Balaban J connectivity index is 0.00000353. The maximum Gasteiger partial charge on any atom is 0.347 e. The molecule has 0 fully saturated rings. The Morgan fingerprint density at radius 2 is 1.95 bits per heavy atom. The van der Waals surface area contributed by atoms with Gasteiger partial charge >= 0.3 is 11.9 Å². The molecule has 12 heteroatoms. The van der Waals surface area contributed by atoms with E-state index < -0.39 is 24.1 Å². The van der Waals surface area contributed by atoms with E-state index in [1.807, 2.05) is 24.1 Å². The van der Waals surface area contributed by atoms with E-state index in [2.05, 4.69) is 24.1 Å². The van der Waals surface area contributed by atoms with E-state index in [-0.39, 0.29) is 46.3 Å². The zero-order valence-electron chi connectivity index (χ0n) is 22.0. The summed E-state index contributed by atoms with van der Waals surface area (Å²) in [5, 5.41) is 6.49. The molecule has 1 aromatic carbocycles. The standard InChI is InChI=1S/C24H26Cl2N4O4S.C2H6.Y.H2/c1-5-30(6-2)13-18-19(24(32)34-14(4)23(31)33-7-3)20(16-9-8-15(25)12-17(16)26)29-21(28-18)22-27-10-11-35-22;1-2;;/h8-12,14,20H,1-2,5-7,13H2,3-4H3,(H,28,29);1-2H3;;1H/q-2;;;/t14-,20+;;;/m1.../s1. The van der Waals surface area contributed by atoms with Crippen molar-refractivity contribution in [2.75, 3.05) is 26.2 Å². The van der Waals surface area contributed by atoms with Gasteiger partial charge in [-0.3, -0.25) is 4.99 Å². The van der Waals surface area contributed by atoms with Gasteiger partial charge in [-0.25, -0.2) is 14.6 Å². The average Bonchev–Trinajstić information content (AvgIpc) is 3.43. The summed E-state index contributed by atoms with van der Waals surface area (Å²) < 4.78 is 10.5. The van der Waals surface area contributed by atoms with Gasteiger partial charge < -0.3 is 33.5 Å². The maximum atomic E-state index is 13.5. The van der Waals surface area contributed by atoms with Crippen molar-refractivity contribution >= 4 is 52.3 Å². The minimum absolute atomic E-state index is 0. The molecule has 38 heavy (non-hydrogen) atoms. The quantitative estimate of drug-likeness (QED) is 0.265. The Kier molecular flexibility index (Phi) is 15.8. The molecule has 0 bridgehead atoms. The van der Waals surface area contributed by atoms with E-state index in [1.165, 1.54) is 18.3 Å². The molecule has 1 radical (unpaired) electrons. The number of thiazole rings is 1. The van der Waals surface area contributed by atoms with Crippen LogP contribution in [0.25, 0.3) is 0 Å². The van der Waals surface area contributed by atoms with Crippen molar-refractivity contribution in [1.29, 1.82) is 0 Å². The largest absolute Gasteiger partial charge is 0.463 e. The third-order valence-corrected chi connectivity index (χ3v) is 6.50. The van der Waals surface area contributed by atoms with Crippen molar-refractivity contribution in [2.24, 2.45) is 4.99 Å². The number of benzene rings is 1. The van der Waals surface area contributed by atoms with Crippen LogP contribution in [0.3, 0.4) is 0 Å². The molecule has 1 aliphatic heterocycles. The summed E-state index contributed by atoms with van der Waals surface area (Å²) in [4.78, 5) is 36.7. The summed E-state index contributed by atoms with van der Waals surface area (Å²) in [7, 11) is 0. The van der Waals surface area contributed by atoms with Gasteiger partial charge in [0.15, 0.2) is 16.9 Å². The van der Waals surface area contributed by atoms with Gasteiger partial charge in [-0.15, -0.1) is 24.4 Å². The molecule has 2 aromatic rings. The smallest absolute Gasteiger partial charge is 0.347 e. The third-order valence-electron chi connectivity index (χ3n) is 5.15. The minimum Gasteiger partial charge on any atom is -0.463 e. The van der Waals surface area contributed by atoms with Crippen LogP contribution in [0.1, 0.15) is 45.7 Å². The first kappa shape index (κ1) is 34.7. The number of aliphatic imine (C=N–C) groups is 1. The number of halogens is 2.